The highest BCUT2D eigenvalue weighted by Gasteiger charge is 2.15. The van der Waals surface area contributed by atoms with Crippen molar-refractivity contribution in [3.8, 4) is 23.1 Å². The van der Waals surface area contributed by atoms with Crippen LogP contribution >= 0.6 is 22.9 Å². The fourth-order valence-electron chi connectivity index (χ4n) is 2.71. The first-order chi connectivity index (χ1) is 14.5. The average Bonchev–Trinajstić information content (AvgIpc) is 3.11. The Balaban J connectivity index is 1.75. The predicted octanol–water partition coefficient (Wildman–Crippen LogP) is 6.11. The van der Waals surface area contributed by atoms with Gasteiger partial charge in [0.15, 0.2) is 5.13 Å². The zero-order valence-corrected chi connectivity index (χ0v) is 18.2. The first-order valence-electron chi connectivity index (χ1n) is 9.39. The van der Waals surface area contributed by atoms with Gasteiger partial charge in [0.2, 0.25) is 0 Å². The van der Waals surface area contributed by atoms with Crippen molar-refractivity contribution in [3.63, 3.8) is 0 Å². The molecule has 2 aromatic carbocycles. The van der Waals surface area contributed by atoms with Crippen LogP contribution in [0.25, 0.3) is 17.3 Å². The summed E-state index contributed by atoms with van der Waals surface area (Å²) in [4.78, 5) is 18.0. The maximum Gasteiger partial charge on any atom is 0.268 e. The maximum atomic E-state index is 12.6. The molecule has 5 nitrogen and oxygen atoms in total. The molecular formula is C23H20ClN3O2S. The van der Waals surface area contributed by atoms with E-state index in [4.69, 9.17) is 16.3 Å². The van der Waals surface area contributed by atoms with Gasteiger partial charge in [-0.3, -0.25) is 10.1 Å². The number of nitrogens with one attached hydrogen (secondary N) is 1. The number of carbonyl (C=O) groups is 1. The van der Waals surface area contributed by atoms with Crippen molar-refractivity contribution in [3.05, 3.63) is 69.6 Å². The fourth-order valence-corrected chi connectivity index (χ4v) is 3.73. The summed E-state index contributed by atoms with van der Waals surface area (Å²) in [5.74, 6) is 0.249. The number of rotatable bonds is 7. The van der Waals surface area contributed by atoms with E-state index in [1.54, 1.807) is 18.2 Å². The molecule has 0 saturated heterocycles. The maximum absolute atomic E-state index is 12.6. The standard InChI is InChI=1S/C23H20ClN3O2S/c1-3-11-29-20-9-7-16(8-10-20)12-18(14-25)22(28)27-23-26-21(15(2)30-23)17-5-4-6-19(24)13-17/h4-10,12-13H,3,11H2,1-2H3,(H,26,27,28). The van der Waals surface area contributed by atoms with Crippen LogP contribution in [0.1, 0.15) is 23.8 Å². The van der Waals surface area contributed by atoms with E-state index >= 15 is 0 Å². The van der Waals surface area contributed by atoms with Crippen LogP contribution in [0.3, 0.4) is 0 Å². The van der Waals surface area contributed by atoms with Crippen molar-refractivity contribution < 1.29 is 9.53 Å². The highest BCUT2D eigenvalue weighted by atomic mass is 35.5. The number of ether oxygens (including phenoxy) is 1. The molecule has 0 aliphatic heterocycles. The Bertz CT molecular complexity index is 1110. The predicted molar refractivity (Wildman–Crippen MR) is 122 cm³/mol. The van der Waals surface area contributed by atoms with Gasteiger partial charge in [0.05, 0.1) is 12.3 Å². The first-order valence-corrected chi connectivity index (χ1v) is 10.6. The van der Waals surface area contributed by atoms with Crippen molar-refractivity contribution >= 4 is 40.1 Å². The third kappa shape index (κ3) is 5.47. The molecule has 0 saturated carbocycles. The van der Waals surface area contributed by atoms with Crippen LogP contribution in [0.15, 0.2) is 54.1 Å². The molecule has 0 aliphatic rings. The Morgan fingerprint density at radius 2 is 2.07 bits per heavy atom. The molecule has 0 radical (unpaired) electrons. The van der Waals surface area contributed by atoms with Crippen molar-refractivity contribution in [1.29, 1.82) is 5.26 Å². The molecule has 0 fully saturated rings. The van der Waals surface area contributed by atoms with Gasteiger partial charge in [0, 0.05) is 15.5 Å². The Labute approximate surface area is 184 Å². The molecule has 3 aromatic rings. The lowest BCUT2D eigenvalue weighted by Gasteiger charge is -2.04. The van der Waals surface area contributed by atoms with Gasteiger partial charge >= 0.3 is 0 Å². The lowest BCUT2D eigenvalue weighted by atomic mass is 10.1. The van der Waals surface area contributed by atoms with E-state index in [2.05, 4.69) is 10.3 Å². The minimum Gasteiger partial charge on any atom is -0.494 e. The summed E-state index contributed by atoms with van der Waals surface area (Å²) < 4.78 is 5.55. The van der Waals surface area contributed by atoms with E-state index in [1.165, 1.54) is 17.4 Å². The van der Waals surface area contributed by atoms with E-state index in [9.17, 15) is 10.1 Å². The first kappa shape index (κ1) is 21.6. The molecule has 1 heterocycles. The van der Waals surface area contributed by atoms with Gasteiger partial charge in [0.25, 0.3) is 5.91 Å². The lowest BCUT2D eigenvalue weighted by molar-refractivity contribution is -0.112. The zero-order chi connectivity index (χ0) is 21.5. The average molecular weight is 438 g/mol. The Kier molecular flexibility index (Phi) is 7.23. The second-order valence-corrected chi connectivity index (χ2v) is 8.12. The number of amides is 1. The van der Waals surface area contributed by atoms with Gasteiger partial charge in [-0.15, -0.1) is 11.3 Å². The molecule has 0 atom stereocenters. The number of aryl methyl sites for hydroxylation is 1. The third-order valence-electron chi connectivity index (χ3n) is 4.14. The molecule has 30 heavy (non-hydrogen) atoms. The summed E-state index contributed by atoms with van der Waals surface area (Å²) in [6, 6.07) is 16.6. The highest BCUT2D eigenvalue weighted by molar-refractivity contribution is 7.16. The van der Waals surface area contributed by atoms with Crippen molar-refractivity contribution in [2.45, 2.75) is 20.3 Å². The van der Waals surface area contributed by atoms with Gasteiger partial charge in [0.1, 0.15) is 17.4 Å². The summed E-state index contributed by atoms with van der Waals surface area (Å²) in [5, 5.41) is 13.2. The number of hydrogen-bond acceptors (Lipinski definition) is 5. The molecule has 3 rings (SSSR count). The number of thiazole rings is 1. The van der Waals surface area contributed by atoms with Gasteiger partial charge in [-0.25, -0.2) is 4.98 Å². The summed E-state index contributed by atoms with van der Waals surface area (Å²) in [5.41, 5.74) is 2.36. The Morgan fingerprint density at radius 1 is 1.30 bits per heavy atom. The van der Waals surface area contributed by atoms with Crippen LogP contribution in [-0.4, -0.2) is 17.5 Å². The Hall–Kier alpha value is -3.14. The van der Waals surface area contributed by atoms with E-state index < -0.39 is 5.91 Å². The highest BCUT2D eigenvalue weighted by Crippen LogP contribution is 2.31. The SMILES string of the molecule is CCCOc1ccc(C=C(C#N)C(=O)Nc2nc(-c3cccc(Cl)c3)c(C)s2)cc1. The van der Waals surface area contributed by atoms with E-state index in [1.807, 2.05) is 50.2 Å². The van der Waals surface area contributed by atoms with Crippen LogP contribution in [-0.2, 0) is 4.79 Å². The monoisotopic (exact) mass is 437 g/mol. The van der Waals surface area contributed by atoms with Crippen LogP contribution in [0.4, 0.5) is 5.13 Å². The van der Waals surface area contributed by atoms with Gasteiger partial charge < -0.3 is 4.74 Å². The summed E-state index contributed by atoms with van der Waals surface area (Å²) >= 11 is 7.41. The van der Waals surface area contributed by atoms with Gasteiger partial charge in [-0.1, -0.05) is 42.8 Å². The molecule has 1 aromatic heterocycles. The van der Waals surface area contributed by atoms with Crippen LogP contribution in [0.5, 0.6) is 5.75 Å². The number of halogens is 1. The number of nitriles is 1. The summed E-state index contributed by atoms with van der Waals surface area (Å²) in [6.07, 6.45) is 2.47. The van der Waals surface area contributed by atoms with Crippen molar-refractivity contribution in [1.82, 2.24) is 4.98 Å². The van der Waals surface area contributed by atoms with Gasteiger partial charge in [-0.2, -0.15) is 5.26 Å². The Morgan fingerprint density at radius 3 is 2.73 bits per heavy atom. The number of benzene rings is 2. The zero-order valence-electron chi connectivity index (χ0n) is 16.6. The molecule has 0 aliphatic carbocycles. The molecule has 152 valence electrons. The summed E-state index contributed by atoms with van der Waals surface area (Å²) in [6.45, 7) is 4.61. The second-order valence-electron chi connectivity index (χ2n) is 6.48. The summed E-state index contributed by atoms with van der Waals surface area (Å²) in [7, 11) is 0. The molecule has 7 heteroatoms. The molecule has 0 unspecified atom stereocenters. The van der Waals surface area contributed by atoms with Crippen LogP contribution in [0.2, 0.25) is 5.02 Å². The fraction of sp³-hybridized carbons (Fsp3) is 0.174. The number of nitrogens with zero attached hydrogens (tertiary/aromatic N) is 2. The number of carbonyl (C=O) groups excluding carboxylic acids is 1. The normalized spacial score (nSPS) is 11.1. The largest absolute Gasteiger partial charge is 0.494 e. The van der Waals surface area contributed by atoms with Crippen molar-refractivity contribution in [2.75, 3.05) is 11.9 Å². The van der Waals surface area contributed by atoms with E-state index in [0.29, 0.717) is 16.8 Å². The van der Waals surface area contributed by atoms with Crippen LogP contribution < -0.4 is 10.1 Å². The molecule has 1 amide bonds. The number of anilines is 1. The topological polar surface area (TPSA) is 75.0 Å². The van der Waals surface area contributed by atoms with Gasteiger partial charge in [-0.05, 0) is 49.2 Å². The van der Waals surface area contributed by atoms with E-state index in [0.717, 1.165) is 33.9 Å². The van der Waals surface area contributed by atoms with Crippen LogP contribution in [0, 0.1) is 18.3 Å². The smallest absolute Gasteiger partial charge is 0.268 e. The number of hydrogen-bond donors (Lipinski definition) is 1. The quantitative estimate of drug-likeness (QED) is 0.357. The minimum atomic E-state index is -0.504. The van der Waals surface area contributed by atoms with E-state index in [-0.39, 0.29) is 5.57 Å². The molecule has 0 spiro atoms. The third-order valence-corrected chi connectivity index (χ3v) is 5.27. The molecule has 1 N–H and O–H groups in total. The molecular weight excluding hydrogens is 418 g/mol. The second kappa shape index (κ2) is 10.1. The molecule has 0 bridgehead atoms. The van der Waals surface area contributed by atoms with Crippen molar-refractivity contribution in [2.24, 2.45) is 0 Å². The number of aromatic nitrogens is 1. The minimum absolute atomic E-state index is 0.00520. The lowest BCUT2D eigenvalue weighted by Crippen LogP contribution is -2.13.